The van der Waals surface area contributed by atoms with E-state index in [1.54, 1.807) is 11.8 Å². The maximum absolute atomic E-state index is 12.5. The predicted molar refractivity (Wildman–Crippen MR) is 115 cm³/mol. The van der Waals surface area contributed by atoms with E-state index in [0.717, 1.165) is 48.3 Å². The molecule has 0 radical (unpaired) electrons. The molecule has 10 nitrogen and oxygen atoms in total. The van der Waals surface area contributed by atoms with Gasteiger partial charge < -0.3 is 20.5 Å². The third kappa shape index (κ3) is 4.92. The number of nitrogens with one attached hydrogen (secondary N) is 4. The zero-order valence-corrected chi connectivity index (χ0v) is 16.9. The van der Waals surface area contributed by atoms with Crippen molar-refractivity contribution in [3.05, 3.63) is 54.5 Å². The molecular weight excluding hydrogens is 398 g/mol. The second-order valence-electron chi connectivity index (χ2n) is 7.53. The van der Waals surface area contributed by atoms with E-state index in [9.17, 15) is 9.59 Å². The second-order valence-corrected chi connectivity index (χ2v) is 7.53. The molecule has 1 saturated heterocycles. The van der Waals surface area contributed by atoms with Crippen LogP contribution in [0.1, 0.15) is 18.4 Å². The topological polar surface area (TPSA) is 135 Å². The molecule has 0 spiro atoms. The van der Waals surface area contributed by atoms with Gasteiger partial charge in [0.05, 0.1) is 5.39 Å². The van der Waals surface area contributed by atoms with Gasteiger partial charge in [0.1, 0.15) is 23.8 Å². The molecule has 5 N–H and O–H groups in total. The van der Waals surface area contributed by atoms with Crippen LogP contribution in [-0.2, 0) is 11.2 Å². The molecule has 1 atom stereocenters. The third-order valence-electron chi connectivity index (χ3n) is 5.48. The van der Waals surface area contributed by atoms with Gasteiger partial charge in [-0.25, -0.2) is 20.2 Å². The summed E-state index contributed by atoms with van der Waals surface area (Å²) >= 11 is 0. The first-order valence-electron chi connectivity index (χ1n) is 10.2. The maximum atomic E-state index is 12.5. The van der Waals surface area contributed by atoms with E-state index in [1.807, 2.05) is 42.6 Å². The third-order valence-corrected chi connectivity index (χ3v) is 5.48. The molecule has 0 bridgehead atoms. The van der Waals surface area contributed by atoms with Crippen LogP contribution < -0.4 is 21.0 Å². The van der Waals surface area contributed by atoms with E-state index < -0.39 is 18.0 Å². The van der Waals surface area contributed by atoms with Crippen molar-refractivity contribution >= 4 is 28.8 Å². The summed E-state index contributed by atoms with van der Waals surface area (Å²) in [5.74, 6) is 0.227. The van der Waals surface area contributed by atoms with Crippen LogP contribution >= 0.6 is 0 Å². The molecule has 162 valence electrons. The van der Waals surface area contributed by atoms with Gasteiger partial charge in [0, 0.05) is 31.7 Å². The molecular formula is C21H25N7O3. The zero-order valence-electron chi connectivity index (χ0n) is 16.9. The molecule has 1 aliphatic heterocycles. The number of amides is 3. The summed E-state index contributed by atoms with van der Waals surface area (Å²) in [5.41, 5.74) is 3.31. The number of urea groups is 1. The molecule has 3 amide bonds. The first-order chi connectivity index (χ1) is 15.1. The lowest BCUT2D eigenvalue weighted by Crippen LogP contribution is -2.54. The van der Waals surface area contributed by atoms with E-state index in [0.29, 0.717) is 0 Å². The SMILES string of the molecule is O=C(NC1CCN(c2ncnc3[nH]ccc23)CC1)N[C@H](Cc1ccccc1)C(=O)NO. The normalized spacial score (nSPS) is 15.5. The quantitative estimate of drug-likeness (QED) is 0.300. The summed E-state index contributed by atoms with van der Waals surface area (Å²) in [6.07, 6.45) is 5.16. The average Bonchev–Trinajstić information content (AvgIpc) is 3.28. The number of benzene rings is 1. The van der Waals surface area contributed by atoms with E-state index >= 15 is 0 Å². The largest absolute Gasteiger partial charge is 0.356 e. The van der Waals surface area contributed by atoms with Crippen LogP contribution in [0.25, 0.3) is 11.0 Å². The Labute approximate surface area is 179 Å². The van der Waals surface area contributed by atoms with Gasteiger partial charge in [-0.3, -0.25) is 10.0 Å². The number of aromatic nitrogens is 3. The van der Waals surface area contributed by atoms with Crippen molar-refractivity contribution < 1.29 is 14.8 Å². The van der Waals surface area contributed by atoms with Crippen molar-refractivity contribution in [3.8, 4) is 0 Å². The van der Waals surface area contributed by atoms with Gasteiger partial charge in [-0.05, 0) is 24.5 Å². The van der Waals surface area contributed by atoms with Gasteiger partial charge >= 0.3 is 6.03 Å². The summed E-state index contributed by atoms with van der Waals surface area (Å²) in [6, 6.07) is 9.94. The Hall–Kier alpha value is -3.66. The van der Waals surface area contributed by atoms with Crippen molar-refractivity contribution in [2.24, 2.45) is 0 Å². The molecule has 1 fully saturated rings. The fraction of sp³-hybridized carbons (Fsp3) is 0.333. The molecule has 3 aromatic rings. The smallest absolute Gasteiger partial charge is 0.315 e. The summed E-state index contributed by atoms with van der Waals surface area (Å²) in [6.45, 7) is 1.49. The lowest BCUT2D eigenvalue weighted by molar-refractivity contribution is -0.131. The molecule has 0 unspecified atom stereocenters. The van der Waals surface area contributed by atoms with Crippen LogP contribution in [0, 0.1) is 0 Å². The summed E-state index contributed by atoms with van der Waals surface area (Å²) < 4.78 is 0. The highest BCUT2D eigenvalue weighted by atomic mass is 16.5. The van der Waals surface area contributed by atoms with Gasteiger partial charge in [0.2, 0.25) is 0 Å². The second kappa shape index (κ2) is 9.43. The van der Waals surface area contributed by atoms with E-state index in [1.165, 1.54) is 0 Å². The van der Waals surface area contributed by atoms with Crippen molar-refractivity contribution in [1.29, 1.82) is 0 Å². The first-order valence-corrected chi connectivity index (χ1v) is 10.2. The van der Waals surface area contributed by atoms with Gasteiger partial charge in [-0.2, -0.15) is 0 Å². The number of carbonyl (C=O) groups is 2. The maximum Gasteiger partial charge on any atom is 0.315 e. The standard InChI is InChI=1S/C21H25N7O3/c29-20(27-31)17(12-14-4-2-1-3-5-14)26-21(30)25-15-7-10-28(11-8-15)19-16-6-9-22-18(16)23-13-24-19/h1-6,9,13,15,17,31H,7-8,10-12H2,(H,27,29)(H,22,23,24)(H2,25,26,30)/t17-/m1/s1. The molecule has 1 aliphatic rings. The van der Waals surface area contributed by atoms with E-state index in [4.69, 9.17) is 5.21 Å². The van der Waals surface area contributed by atoms with Crippen LogP contribution in [0.4, 0.5) is 10.6 Å². The number of piperidine rings is 1. The summed E-state index contributed by atoms with van der Waals surface area (Å²) in [7, 11) is 0. The van der Waals surface area contributed by atoms with Crippen molar-refractivity contribution in [3.63, 3.8) is 0 Å². The minimum absolute atomic E-state index is 0.0191. The van der Waals surface area contributed by atoms with Crippen LogP contribution in [-0.4, -0.2) is 57.3 Å². The zero-order chi connectivity index (χ0) is 21.6. The minimum atomic E-state index is -0.879. The lowest BCUT2D eigenvalue weighted by Gasteiger charge is -2.33. The highest BCUT2D eigenvalue weighted by molar-refractivity contribution is 5.88. The fourth-order valence-electron chi connectivity index (χ4n) is 3.87. The highest BCUT2D eigenvalue weighted by Gasteiger charge is 2.25. The monoisotopic (exact) mass is 423 g/mol. The lowest BCUT2D eigenvalue weighted by atomic mass is 10.0. The number of anilines is 1. The number of carbonyl (C=O) groups excluding carboxylic acids is 2. The Balaban J connectivity index is 1.31. The van der Waals surface area contributed by atoms with Crippen molar-refractivity contribution in [1.82, 2.24) is 31.1 Å². The number of H-pyrrole nitrogens is 1. The highest BCUT2D eigenvalue weighted by Crippen LogP contribution is 2.24. The molecule has 31 heavy (non-hydrogen) atoms. The minimum Gasteiger partial charge on any atom is -0.356 e. The van der Waals surface area contributed by atoms with Gasteiger partial charge in [-0.1, -0.05) is 30.3 Å². The average molecular weight is 423 g/mol. The fourth-order valence-corrected chi connectivity index (χ4v) is 3.87. The van der Waals surface area contributed by atoms with Crippen LogP contribution in [0.3, 0.4) is 0 Å². The molecule has 10 heteroatoms. The molecule has 0 saturated carbocycles. The number of hydroxylamine groups is 1. The Kier molecular flexibility index (Phi) is 6.27. The summed E-state index contributed by atoms with van der Waals surface area (Å²) in [5, 5.41) is 15.6. The Morgan fingerprint density at radius 1 is 1.16 bits per heavy atom. The van der Waals surface area contributed by atoms with E-state index in [-0.39, 0.29) is 12.5 Å². The molecule has 1 aromatic carbocycles. The number of nitrogens with zero attached hydrogens (tertiary/aromatic N) is 3. The predicted octanol–water partition coefficient (Wildman–Crippen LogP) is 1.34. The van der Waals surface area contributed by atoms with Crippen molar-refractivity contribution in [2.45, 2.75) is 31.3 Å². The number of hydrogen-bond acceptors (Lipinski definition) is 6. The van der Waals surface area contributed by atoms with Gasteiger partial charge in [0.15, 0.2) is 0 Å². The number of aromatic amines is 1. The summed E-state index contributed by atoms with van der Waals surface area (Å²) in [4.78, 5) is 38.4. The van der Waals surface area contributed by atoms with Crippen LogP contribution in [0.15, 0.2) is 48.9 Å². The Bertz CT molecular complexity index is 1030. The molecule has 0 aliphatic carbocycles. The van der Waals surface area contributed by atoms with Gasteiger partial charge in [-0.15, -0.1) is 0 Å². The number of fused-ring (bicyclic) bond motifs is 1. The number of rotatable bonds is 6. The molecule has 4 rings (SSSR count). The van der Waals surface area contributed by atoms with Gasteiger partial charge in [0.25, 0.3) is 5.91 Å². The van der Waals surface area contributed by atoms with E-state index in [2.05, 4.69) is 30.5 Å². The first kappa shape index (κ1) is 20.6. The number of hydrogen-bond donors (Lipinski definition) is 5. The Morgan fingerprint density at radius 3 is 2.68 bits per heavy atom. The van der Waals surface area contributed by atoms with Crippen LogP contribution in [0.5, 0.6) is 0 Å². The Morgan fingerprint density at radius 2 is 1.94 bits per heavy atom. The van der Waals surface area contributed by atoms with Crippen molar-refractivity contribution in [2.75, 3.05) is 18.0 Å². The molecule has 3 heterocycles. The van der Waals surface area contributed by atoms with Crippen LogP contribution in [0.2, 0.25) is 0 Å². The molecule has 2 aromatic heterocycles.